The van der Waals surface area contributed by atoms with Crippen LogP contribution in [-0.2, 0) is 4.79 Å². The monoisotopic (exact) mass is 512 g/mol. The summed E-state index contributed by atoms with van der Waals surface area (Å²) in [6.45, 7) is 6.80. The van der Waals surface area contributed by atoms with E-state index in [0.29, 0.717) is 24.0 Å². The van der Waals surface area contributed by atoms with E-state index >= 15 is 0 Å². The molecule has 0 spiro atoms. The molecule has 190 valence electrons. The zero-order chi connectivity index (χ0) is 25.7. The number of hydrogen-bond acceptors (Lipinski definition) is 7. The molecule has 5 rings (SSSR count). The number of carbonyl (C=O) groups is 1. The molecule has 0 bridgehead atoms. The highest BCUT2D eigenvalue weighted by Crippen LogP contribution is 2.36. The van der Waals surface area contributed by atoms with Gasteiger partial charge in [-0.25, -0.2) is 14.2 Å². The molecule has 9 heteroatoms. The Morgan fingerprint density at radius 3 is 2.86 bits per heavy atom. The molecule has 4 aromatic rings. The summed E-state index contributed by atoms with van der Waals surface area (Å²) >= 11 is 1.60. The van der Waals surface area contributed by atoms with Crippen LogP contribution in [0.2, 0.25) is 0 Å². The van der Waals surface area contributed by atoms with E-state index in [1.807, 2.05) is 30.3 Å². The Hall–Kier alpha value is -3.27. The second-order valence-corrected chi connectivity index (χ2v) is 9.86. The number of aliphatic hydroxyl groups is 1. The zero-order valence-corrected chi connectivity index (χ0v) is 20.8. The van der Waals surface area contributed by atoms with Crippen molar-refractivity contribution in [2.45, 2.75) is 37.8 Å². The highest BCUT2D eigenvalue weighted by atomic mass is 32.1. The molecule has 3 atom stereocenters. The van der Waals surface area contributed by atoms with E-state index in [4.69, 9.17) is 14.3 Å². The quantitative estimate of drug-likeness (QED) is 0.318. The number of β-amino-alcohol motifs (C(OH)–C–C–N with tert-alkyl or cyclic N) is 1. The third kappa shape index (κ3) is 6.10. The Labute approximate surface area is 212 Å². The number of halogens is 1. The molecular weight excluding hydrogens is 483 g/mol. The van der Waals surface area contributed by atoms with E-state index in [1.165, 1.54) is 6.07 Å². The number of benzene rings is 2. The number of carboxylic acids is 1. The maximum absolute atomic E-state index is 14.0. The van der Waals surface area contributed by atoms with Crippen LogP contribution < -0.4 is 4.74 Å². The molecule has 1 aliphatic rings. The number of hydrogen-bond donors (Lipinski definition) is 2. The normalized spacial score (nSPS) is 19.0. The van der Waals surface area contributed by atoms with Gasteiger partial charge in [0.1, 0.15) is 35.4 Å². The lowest BCUT2D eigenvalue weighted by Gasteiger charge is -2.38. The molecule has 1 aliphatic heterocycles. The number of thiazole rings is 1. The first-order valence-electron chi connectivity index (χ1n) is 11.8. The maximum Gasteiger partial charge on any atom is 0.327 e. The molecule has 3 heterocycles. The van der Waals surface area contributed by atoms with E-state index < -0.39 is 12.1 Å². The van der Waals surface area contributed by atoms with Gasteiger partial charge in [-0.3, -0.25) is 4.90 Å². The number of para-hydroxylation sites is 1. The van der Waals surface area contributed by atoms with Crippen molar-refractivity contribution in [1.82, 2.24) is 9.88 Å². The molecule has 0 aliphatic carbocycles. The fourth-order valence-electron chi connectivity index (χ4n) is 4.42. The minimum Gasteiger partial charge on any atom is -0.490 e. The summed E-state index contributed by atoms with van der Waals surface area (Å²) in [6, 6.07) is 13.0. The summed E-state index contributed by atoms with van der Waals surface area (Å²) in [6.07, 6.45) is 3.79. The van der Waals surface area contributed by atoms with Crippen molar-refractivity contribution in [3.05, 3.63) is 72.2 Å². The minimum absolute atomic E-state index is 0.230. The first-order chi connectivity index (χ1) is 17.4. The summed E-state index contributed by atoms with van der Waals surface area (Å²) in [5, 5.41) is 20.1. The van der Waals surface area contributed by atoms with Gasteiger partial charge in [0.05, 0.1) is 21.4 Å². The molecule has 1 fully saturated rings. The summed E-state index contributed by atoms with van der Waals surface area (Å²) in [5.41, 5.74) is 1.26. The number of nitrogens with zero attached hydrogens (tertiary/aromatic N) is 2. The first-order valence-corrected chi connectivity index (χ1v) is 12.6. The number of aliphatic carboxylic acids is 1. The lowest BCUT2D eigenvalue weighted by molar-refractivity contribution is -0.131. The molecule has 1 saturated heterocycles. The number of aromatic nitrogens is 1. The van der Waals surface area contributed by atoms with E-state index in [2.05, 4.69) is 23.4 Å². The molecule has 0 saturated carbocycles. The maximum atomic E-state index is 14.0. The Kier molecular flexibility index (Phi) is 8.35. The van der Waals surface area contributed by atoms with Crippen molar-refractivity contribution in [1.29, 1.82) is 0 Å². The van der Waals surface area contributed by atoms with Crippen LogP contribution in [-0.4, -0.2) is 57.9 Å². The van der Waals surface area contributed by atoms with E-state index in [1.54, 1.807) is 23.7 Å². The van der Waals surface area contributed by atoms with E-state index in [0.717, 1.165) is 51.9 Å². The molecule has 7 nitrogen and oxygen atoms in total. The molecule has 2 aromatic carbocycles. The summed E-state index contributed by atoms with van der Waals surface area (Å²) in [5.74, 6) is -0.181. The van der Waals surface area contributed by atoms with E-state index in [-0.39, 0.29) is 12.4 Å². The molecule has 2 aromatic heterocycles. The topological polar surface area (TPSA) is 96.0 Å². The molecule has 2 N–H and O–H groups in total. The second-order valence-electron chi connectivity index (χ2n) is 8.80. The summed E-state index contributed by atoms with van der Waals surface area (Å²) in [4.78, 5) is 16.1. The van der Waals surface area contributed by atoms with Gasteiger partial charge in [-0.05, 0) is 56.6 Å². The van der Waals surface area contributed by atoms with Crippen LogP contribution >= 0.6 is 11.3 Å². The van der Waals surface area contributed by atoms with Crippen molar-refractivity contribution in [3.8, 4) is 5.75 Å². The van der Waals surface area contributed by atoms with Crippen LogP contribution in [0.3, 0.4) is 0 Å². The van der Waals surface area contributed by atoms with Crippen LogP contribution in [0.4, 0.5) is 4.39 Å². The van der Waals surface area contributed by atoms with Crippen LogP contribution in [0.15, 0.2) is 65.8 Å². The van der Waals surface area contributed by atoms with Crippen molar-refractivity contribution < 1.29 is 28.6 Å². The fraction of sp³-hybridized carbons (Fsp3) is 0.333. The van der Waals surface area contributed by atoms with Crippen molar-refractivity contribution in [2.24, 2.45) is 0 Å². The number of rotatable bonds is 7. The highest BCUT2D eigenvalue weighted by Gasteiger charge is 2.30. The predicted molar refractivity (Wildman–Crippen MR) is 138 cm³/mol. The van der Waals surface area contributed by atoms with Gasteiger partial charge < -0.3 is 19.4 Å². The van der Waals surface area contributed by atoms with Gasteiger partial charge >= 0.3 is 5.97 Å². The van der Waals surface area contributed by atoms with Gasteiger partial charge in [-0.2, -0.15) is 0 Å². The molecule has 0 radical (unpaired) electrons. The Bertz CT molecular complexity index is 1340. The number of aliphatic hydroxyl groups excluding tert-OH is 1. The van der Waals surface area contributed by atoms with Crippen LogP contribution in [0, 0.1) is 5.82 Å². The SMILES string of the molecule is C=CC(=O)O.C[C@H]1CC(c2nc3c(F)cccc3s2)CCN1CC(O)COc1cccc2occc12. The highest BCUT2D eigenvalue weighted by molar-refractivity contribution is 7.18. The largest absolute Gasteiger partial charge is 0.490 e. The van der Waals surface area contributed by atoms with Gasteiger partial charge in [-0.15, -0.1) is 11.3 Å². The fourth-order valence-corrected chi connectivity index (χ4v) is 5.55. The van der Waals surface area contributed by atoms with Crippen molar-refractivity contribution >= 4 is 38.5 Å². The average molecular weight is 513 g/mol. The number of ether oxygens (including phenoxy) is 1. The average Bonchev–Trinajstić information content (AvgIpc) is 3.52. The third-order valence-corrected chi connectivity index (χ3v) is 7.44. The lowest BCUT2D eigenvalue weighted by atomic mass is 9.92. The van der Waals surface area contributed by atoms with Crippen LogP contribution in [0.5, 0.6) is 5.75 Å². The number of fused-ring (bicyclic) bond motifs is 2. The van der Waals surface area contributed by atoms with Crippen molar-refractivity contribution in [2.75, 3.05) is 19.7 Å². The lowest BCUT2D eigenvalue weighted by Crippen LogP contribution is -2.45. The smallest absolute Gasteiger partial charge is 0.327 e. The molecular formula is C27H29FN2O5S. The Morgan fingerprint density at radius 2 is 2.14 bits per heavy atom. The molecule has 2 unspecified atom stereocenters. The summed E-state index contributed by atoms with van der Waals surface area (Å²) in [7, 11) is 0. The van der Waals surface area contributed by atoms with Crippen LogP contribution in [0.25, 0.3) is 21.2 Å². The Balaban J connectivity index is 0.000000556. The van der Waals surface area contributed by atoms with Gasteiger partial charge in [0.2, 0.25) is 0 Å². The standard InChI is InChI=1S/C24H25FN2O3S.C3H4O2/c1-15-12-16(24-26-23-19(25)4-2-7-22(23)31-24)8-10-27(15)13-17(28)14-30-21-6-3-5-20-18(21)9-11-29-20;1-2-3(4)5/h2-7,9,11,15-17,28H,8,10,12-14H2,1H3;2H,1H2,(H,4,5)/t15-,16?,17?;/m0./s1. The van der Waals surface area contributed by atoms with E-state index in [9.17, 15) is 14.3 Å². The minimum atomic E-state index is -0.981. The second kappa shape index (κ2) is 11.6. The first kappa shape index (κ1) is 25.8. The van der Waals surface area contributed by atoms with Gasteiger partial charge in [0.15, 0.2) is 0 Å². The summed E-state index contributed by atoms with van der Waals surface area (Å²) < 4.78 is 26.2. The number of furan rings is 1. The van der Waals surface area contributed by atoms with Crippen LogP contribution in [0.1, 0.15) is 30.7 Å². The number of carboxylic acid groups (broad SMARTS) is 1. The van der Waals surface area contributed by atoms with Gasteiger partial charge in [-0.1, -0.05) is 18.7 Å². The van der Waals surface area contributed by atoms with Gasteiger partial charge in [0.25, 0.3) is 0 Å². The predicted octanol–water partition coefficient (Wildman–Crippen LogP) is 5.45. The molecule has 0 amide bonds. The van der Waals surface area contributed by atoms with Crippen molar-refractivity contribution in [3.63, 3.8) is 0 Å². The van der Waals surface area contributed by atoms with Gasteiger partial charge in [0, 0.05) is 24.6 Å². The zero-order valence-electron chi connectivity index (χ0n) is 20.0. The molecule has 36 heavy (non-hydrogen) atoms. The number of piperidine rings is 1. The Morgan fingerprint density at radius 1 is 1.36 bits per heavy atom. The number of likely N-dealkylation sites (tertiary alicyclic amines) is 1. The third-order valence-electron chi connectivity index (χ3n) is 6.26.